The number of nitrogens with zero attached hydrogens (tertiary/aromatic N) is 6. The van der Waals surface area contributed by atoms with Crippen molar-refractivity contribution >= 4 is 11.8 Å². The second kappa shape index (κ2) is 8.64. The number of urea groups is 1. The van der Waals surface area contributed by atoms with Gasteiger partial charge in [0, 0.05) is 62.9 Å². The molecule has 140 valence electrons. The van der Waals surface area contributed by atoms with E-state index in [1.165, 1.54) is 0 Å². The van der Waals surface area contributed by atoms with Crippen molar-refractivity contribution < 1.29 is 4.79 Å². The zero-order chi connectivity index (χ0) is 18.4. The number of anilines is 1. The summed E-state index contributed by atoms with van der Waals surface area (Å²) in [5.74, 6) is 0.948. The number of hydrogen-bond acceptors (Lipinski definition) is 5. The lowest BCUT2D eigenvalue weighted by Gasteiger charge is -2.36. The van der Waals surface area contributed by atoms with Crippen molar-refractivity contribution in [1.29, 1.82) is 0 Å². The molecule has 0 aliphatic carbocycles. The van der Waals surface area contributed by atoms with E-state index in [-0.39, 0.29) is 12.1 Å². The van der Waals surface area contributed by atoms with E-state index in [2.05, 4.69) is 39.0 Å². The lowest BCUT2D eigenvalue weighted by atomic mass is 10.2. The van der Waals surface area contributed by atoms with Gasteiger partial charge in [-0.1, -0.05) is 13.8 Å². The maximum atomic E-state index is 12.6. The number of rotatable bonds is 6. The number of aromatic nitrogens is 4. The highest BCUT2D eigenvalue weighted by atomic mass is 16.2. The van der Waals surface area contributed by atoms with Crippen molar-refractivity contribution in [3.63, 3.8) is 0 Å². The van der Waals surface area contributed by atoms with Gasteiger partial charge in [0.2, 0.25) is 0 Å². The number of piperazine rings is 1. The minimum atomic E-state index is 0.00792. The Morgan fingerprint density at radius 3 is 2.69 bits per heavy atom. The topological polar surface area (TPSA) is 79.2 Å². The first-order chi connectivity index (χ1) is 12.7. The summed E-state index contributed by atoms with van der Waals surface area (Å²) in [5.41, 5.74) is 1.04. The Morgan fingerprint density at radius 2 is 2.04 bits per heavy atom. The summed E-state index contributed by atoms with van der Waals surface area (Å²) in [6.07, 6.45) is 8.84. The van der Waals surface area contributed by atoms with Gasteiger partial charge in [-0.2, -0.15) is 0 Å². The molecule has 3 rings (SSSR count). The van der Waals surface area contributed by atoms with Crippen LogP contribution in [0.4, 0.5) is 10.6 Å². The van der Waals surface area contributed by atoms with E-state index in [0.717, 1.165) is 44.0 Å². The minimum Gasteiger partial charge on any atom is -0.353 e. The molecule has 1 saturated heterocycles. The zero-order valence-electron chi connectivity index (χ0n) is 15.5. The van der Waals surface area contributed by atoms with E-state index >= 15 is 0 Å². The Morgan fingerprint density at radius 1 is 1.23 bits per heavy atom. The van der Waals surface area contributed by atoms with E-state index < -0.39 is 0 Å². The van der Waals surface area contributed by atoms with Crippen LogP contribution in [-0.4, -0.2) is 62.7 Å². The van der Waals surface area contributed by atoms with Crippen LogP contribution in [0.3, 0.4) is 0 Å². The average molecular weight is 357 g/mol. The number of nitrogens with one attached hydrogen (secondary N) is 1. The normalized spacial score (nSPS) is 15.8. The third-order valence-corrected chi connectivity index (χ3v) is 4.77. The third kappa shape index (κ3) is 4.50. The van der Waals surface area contributed by atoms with Gasteiger partial charge in [0.15, 0.2) is 0 Å². The molecule has 1 aliphatic rings. The molecule has 0 unspecified atom stereocenters. The highest BCUT2D eigenvalue weighted by molar-refractivity contribution is 5.74. The first kappa shape index (κ1) is 18.2. The van der Waals surface area contributed by atoms with Crippen molar-refractivity contribution in [3.05, 3.63) is 36.8 Å². The summed E-state index contributed by atoms with van der Waals surface area (Å²) in [5, 5.41) is 3.14. The summed E-state index contributed by atoms with van der Waals surface area (Å²) in [4.78, 5) is 29.4. The van der Waals surface area contributed by atoms with Crippen LogP contribution < -0.4 is 10.2 Å². The van der Waals surface area contributed by atoms with Crippen molar-refractivity contribution in [2.45, 2.75) is 39.3 Å². The Labute approximate surface area is 154 Å². The monoisotopic (exact) mass is 357 g/mol. The molecule has 3 heterocycles. The van der Waals surface area contributed by atoms with Gasteiger partial charge in [0.05, 0.1) is 6.33 Å². The lowest BCUT2D eigenvalue weighted by Crippen LogP contribution is -2.54. The van der Waals surface area contributed by atoms with Crippen LogP contribution in [0.1, 0.15) is 26.0 Å². The molecule has 2 amide bonds. The minimum absolute atomic E-state index is 0.00792. The Bertz CT molecular complexity index is 695. The van der Waals surface area contributed by atoms with Gasteiger partial charge in [0.1, 0.15) is 12.1 Å². The Hall–Kier alpha value is -2.64. The number of carbonyl (C=O) groups is 1. The predicted octanol–water partition coefficient (Wildman–Crippen LogP) is 1.55. The van der Waals surface area contributed by atoms with Crippen LogP contribution in [-0.2, 0) is 13.0 Å². The first-order valence-electron chi connectivity index (χ1n) is 9.26. The largest absolute Gasteiger partial charge is 0.353 e. The van der Waals surface area contributed by atoms with Gasteiger partial charge in [-0.25, -0.2) is 19.7 Å². The molecule has 1 aliphatic heterocycles. The molecule has 0 radical (unpaired) electrons. The number of hydrogen-bond donors (Lipinski definition) is 1. The van der Waals surface area contributed by atoms with Crippen LogP contribution in [0.15, 0.2) is 31.1 Å². The number of imidazole rings is 1. The Kier molecular flexibility index (Phi) is 6.04. The predicted molar refractivity (Wildman–Crippen MR) is 100 cm³/mol. The number of aryl methyl sites for hydroxylation is 1. The highest BCUT2D eigenvalue weighted by Gasteiger charge is 2.23. The Balaban J connectivity index is 1.51. The van der Waals surface area contributed by atoms with E-state index in [9.17, 15) is 4.79 Å². The van der Waals surface area contributed by atoms with Crippen molar-refractivity contribution in [2.24, 2.45) is 0 Å². The molecule has 1 fully saturated rings. The molecule has 0 bridgehead atoms. The fourth-order valence-electron chi connectivity index (χ4n) is 3.08. The van der Waals surface area contributed by atoms with Gasteiger partial charge in [-0.3, -0.25) is 0 Å². The van der Waals surface area contributed by atoms with Crippen LogP contribution in [0.25, 0.3) is 0 Å². The quantitative estimate of drug-likeness (QED) is 0.848. The molecule has 1 N–H and O–H groups in total. The number of carbonyl (C=O) groups excluding carboxylic acids is 1. The van der Waals surface area contributed by atoms with Crippen molar-refractivity contribution in [1.82, 2.24) is 29.7 Å². The summed E-state index contributed by atoms with van der Waals surface area (Å²) >= 11 is 0. The molecule has 26 heavy (non-hydrogen) atoms. The highest BCUT2D eigenvalue weighted by Crippen LogP contribution is 2.14. The SMILES string of the molecule is CCc1cc(N2CCN(C(=O)N[C@H](CC)Cn3ccnc3)CC2)ncn1. The molecule has 0 aromatic carbocycles. The first-order valence-corrected chi connectivity index (χ1v) is 9.26. The fourth-order valence-corrected chi connectivity index (χ4v) is 3.08. The van der Waals surface area contributed by atoms with Gasteiger partial charge < -0.3 is 19.7 Å². The van der Waals surface area contributed by atoms with Crippen LogP contribution in [0.2, 0.25) is 0 Å². The van der Waals surface area contributed by atoms with Gasteiger partial charge in [0.25, 0.3) is 0 Å². The standard InChI is InChI=1S/C18H27N7O/c1-3-15-11-17(21-13-20-15)24-7-9-25(10-8-24)18(26)22-16(4-2)12-23-6-5-19-14-23/h5-6,11,13-14,16H,3-4,7-10,12H2,1-2H3,(H,22,26)/t16-/m1/s1. The second-order valence-corrected chi connectivity index (χ2v) is 6.51. The molecular formula is C18H27N7O. The van der Waals surface area contributed by atoms with E-state index in [4.69, 9.17) is 0 Å². The van der Waals surface area contributed by atoms with E-state index in [1.54, 1.807) is 18.9 Å². The molecular weight excluding hydrogens is 330 g/mol. The van der Waals surface area contributed by atoms with Crippen molar-refractivity contribution in [3.8, 4) is 0 Å². The molecule has 8 heteroatoms. The molecule has 8 nitrogen and oxygen atoms in total. The van der Waals surface area contributed by atoms with Gasteiger partial charge in [-0.05, 0) is 12.8 Å². The average Bonchev–Trinajstić information content (AvgIpc) is 3.20. The van der Waals surface area contributed by atoms with E-state index in [0.29, 0.717) is 13.1 Å². The molecule has 2 aromatic heterocycles. The third-order valence-electron chi connectivity index (χ3n) is 4.77. The van der Waals surface area contributed by atoms with Crippen LogP contribution >= 0.6 is 0 Å². The summed E-state index contributed by atoms with van der Waals surface area (Å²) in [7, 11) is 0. The summed E-state index contributed by atoms with van der Waals surface area (Å²) < 4.78 is 1.99. The van der Waals surface area contributed by atoms with Crippen molar-refractivity contribution in [2.75, 3.05) is 31.1 Å². The van der Waals surface area contributed by atoms with Crippen LogP contribution in [0.5, 0.6) is 0 Å². The maximum Gasteiger partial charge on any atom is 0.317 e. The number of amides is 2. The smallest absolute Gasteiger partial charge is 0.317 e. The van der Waals surface area contributed by atoms with E-state index in [1.807, 2.05) is 21.7 Å². The lowest BCUT2D eigenvalue weighted by molar-refractivity contribution is 0.188. The molecule has 0 saturated carbocycles. The van der Waals surface area contributed by atoms with Gasteiger partial charge in [-0.15, -0.1) is 0 Å². The zero-order valence-corrected chi connectivity index (χ0v) is 15.5. The van der Waals surface area contributed by atoms with Crippen LogP contribution in [0, 0.1) is 0 Å². The molecule has 1 atom stereocenters. The molecule has 2 aromatic rings. The maximum absolute atomic E-state index is 12.6. The fraction of sp³-hybridized carbons (Fsp3) is 0.556. The summed E-state index contributed by atoms with van der Waals surface area (Å²) in [6, 6.07) is 2.14. The second-order valence-electron chi connectivity index (χ2n) is 6.51. The molecule has 0 spiro atoms. The summed E-state index contributed by atoms with van der Waals surface area (Å²) in [6.45, 7) is 7.86. The van der Waals surface area contributed by atoms with Gasteiger partial charge >= 0.3 is 6.03 Å².